The SMILES string of the molecule is CCNC(=O)NC(=O)CN1CCC(NCC2CC2)CC1. The van der Waals surface area contributed by atoms with Crippen molar-refractivity contribution in [3.8, 4) is 0 Å². The Hall–Kier alpha value is -1.14. The predicted molar refractivity (Wildman–Crippen MR) is 77.4 cm³/mol. The first-order valence-corrected chi connectivity index (χ1v) is 7.70. The van der Waals surface area contributed by atoms with E-state index in [-0.39, 0.29) is 5.91 Å². The van der Waals surface area contributed by atoms with Gasteiger partial charge in [-0.25, -0.2) is 4.79 Å². The molecule has 0 spiro atoms. The maximum atomic E-state index is 11.7. The highest BCUT2D eigenvalue weighted by Crippen LogP contribution is 2.28. The van der Waals surface area contributed by atoms with Gasteiger partial charge in [0.2, 0.25) is 5.91 Å². The molecular weight excluding hydrogens is 256 g/mol. The molecule has 3 N–H and O–H groups in total. The molecule has 2 fully saturated rings. The van der Waals surface area contributed by atoms with Crippen LogP contribution >= 0.6 is 0 Å². The summed E-state index contributed by atoms with van der Waals surface area (Å²) in [6.45, 7) is 5.66. The summed E-state index contributed by atoms with van der Waals surface area (Å²) < 4.78 is 0. The molecule has 0 radical (unpaired) electrons. The number of carbonyl (C=O) groups is 2. The summed E-state index contributed by atoms with van der Waals surface area (Å²) in [5.41, 5.74) is 0. The van der Waals surface area contributed by atoms with E-state index in [0.29, 0.717) is 19.1 Å². The monoisotopic (exact) mass is 282 g/mol. The van der Waals surface area contributed by atoms with Crippen molar-refractivity contribution in [2.45, 2.75) is 38.6 Å². The summed E-state index contributed by atoms with van der Waals surface area (Å²) in [5.74, 6) is 0.691. The lowest BCUT2D eigenvalue weighted by molar-refractivity contribution is -0.121. The van der Waals surface area contributed by atoms with Gasteiger partial charge in [0.1, 0.15) is 0 Å². The van der Waals surface area contributed by atoms with Crippen molar-refractivity contribution < 1.29 is 9.59 Å². The quantitative estimate of drug-likeness (QED) is 0.655. The number of hydrogen-bond acceptors (Lipinski definition) is 4. The van der Waals surface area contributed by atoms with Crippen LogP contribution in [0.2, 0.25) is 0 Å². The van der Waals surface area contributed by atoms with E-state index in [2.05, 4.69) is 20.9 Å². The number of amides is 3. The molecule has 1 heterocycles. The molecule has 1 saturated heterocycles. The van der Waals surface area contributed by atoms with Gasteiger partial charge in [0.25, 0.3) is 0 Å². The Balaban J connectivity index is 1.58. The fraction of sp³-hybridized carbons (Fsp3) is 0.857. The number of urea groups is 1. The molecule has 0 unspecified atom stereocenters. The molecule has 3 amide bonds. The zero-order valence-corrected chi connectivity index (χ0v) is 12.3. The standard InChI is InChI=1S/C14H26N4O2/c1-2-15-14(20)17-13(19)10-18-7-5-12(6-8-18)16-9-11-3-4-11/h11-12,16H,2-10H2,1H3,(H2,15,17,19,20). The first kappa shape index (κ1) is 15.3. The molecule has 0 aromatic heterocycles. The first-order valence-electron chi connectivity index (χ1n) is 7.70. The number of rotatable bonds is 6. The largest absolute Gasteiger partial charge is 0.338 e. The fourth-order valence-electron chi connectivity index (χ4n) is 2.52. The molecule has 2 rings (SSSR count). The smallest absolute Gasteiger partial charge is 0.321 e. The number of hydrogen-bond donors (Lipinski definition) is 3. The van der Waals surface area contributed by atoms with Crippen LogP contribution in [0.25, 0.3) is 0 Å². The number of piperidine rings is 1. The summed E-state index contributed by atoms with van der Waals surface area (Å²) in [4.78, 5) is 25.0. The maximum absolute atomic E-state index is 11.7. The van der Waals surface area contributed by atoms with Crippen LogP contribution in [0, 0.1) is 5.92 Å². The van der Waals surface area contributed by atoms with Gasteiger partial charge < -0.3 is 10.6 Å². The normalized spacial score (nSPS) is 20.6. The van der Waals surface area contributed by atoms with Crippen LogP contribution in [-0.4, -0.2) is 55.6 Å². The summed E-state index contributed by atoms with van der Waals surface area (Å²) in [7, 11) is 0. The number of likely N-dealkylation sites (tertiary alicyclic amines) is 1. The minimum Gasteiger partial charge on any atom is -0.338 e. The Morgan fingerprint density at radius 2 is 1.85 bits per heavy atom. The lowest BCUT2D eigenvalue weighted by atomic mass is 10.0. The second-order valence-electron chi connectivity index (χ2n) is 5.81. The fourth-order valence-corrected chi connectivity index (χ4v) is 2.52. The number of nitrogens with zero attached hydrogens (tertiary/aromatic N) is 1. The Kier molecular flexibility index (Phi) is 5.79. The van der Waals surface area contributed by atoms with Crippen molar-refractivity contribution in [3.63, 3.8) is 0 Å². The van der Waals surface area contributed by atoms with E-state index in [4.69, 9.17) is 0 Å². The third kappa shape index (κ3) is 5.46. The second kappa shape index (κ2) is 7.59. The van der Waals surface area contributed by atoms with Gasteiger partial charge in [-0.15, -0.1) is 0 Å². The van der Waals surface area contributed by atoms with Gasteiger partial charge in [-0.2, -0.15) is 0 Å². The highest BCUT2D eigenvalue weighted by atomic mass is 16.2. The van der Waals surface area contributed by atoms with Gasteiger partial charge in [0.15, 0.2) is 0 Å². The van der Waals surface area contributed by atoms with Crippen LogP contribution in [0.15, 0.2) is 0 Å². The maximum Gasteiger partial charge on any atom is 0.321 e. The van der Waals surface area contributed by atoms with Crippen molar-refractivity contribution in [1.82, 2.24) is 20.9 Å². The number of nitrogens with one attached hydrogen (secondary N) is 3. The van der Waals surface area contributed by atoms with Crippen LogP contribution in [0.1, 0.15) is 32.6 Å². The van der Waals surface area contributed by atoms with Crippen LogP contribution in [0.3, 0.4) is 0 Å². The van der Waals surface area contributed by atoms with E-state index in [1.165, 1.54) is 12.8 Å². The van der Waals surface area contributed by atoms with Crippen molar-refractivity contribution in [3.05, 3.63) is 0 Å². The molecule has 6 heteroatoms. The van der Waals surface area contributed by atoms with Crippen molar-refractivity contribution in [2.24, 2.45) is 5.92 Å². The van der Waals surface area contributed by atoms with Gasteiger partial charge >= 0.3 is 6.03 Å². The lowest BCUT2D eigenvalue weighted by Crippen LogP contribution is -2.48. The topological polar surface area (TPSA) is 73.5 Å². The van der Waals surface area contributed by atoms with Crippen LogP contribution in [0.5, 0.6) is 0 Å². The second-order valence-corrected chi connectivity index (χ2v) is 5.81. The number of imide groups is 1. The molecule has 0 atom stereocenters. The van der Waals surface area contributed by atoms with Crippen LogP contribution in [0.4, 0.5) is 4.79 Å². The summed E-state index contributed by atoms with van der Waals surface area (Å²) >= 11 is 0. The van der Waals surface area contributed by atoms with Gasteiger partial charge in [0.05, 0.1) is 6.54 Å². The molecule has 6 nitrogen and oxygen atoms in total. The molecule has 20 heavy (non-hydrogen) atoms. The summed E-state index contributed by atoms with van der Waals surface area (Å²) in [5, 5.41) is 8.51. The van der Waals surface area contributed by atoms with Crippen molar-refractivity contribution in [1.29, 1.82) is 0 Å². The van der Waals surface area contributed by atoms with Gasteiger partial charge in [-0.05, 0) is 45.1 Å². The van der Waals surface area contributed by atoms with E-state index < -0.39 is 6.03 Å². The lowest BCUT2D eigenvalue weighted by Gasteiger charge is -2.31. The van der Waals surface area contributed by atoms with E-state index >= 15 is 0 Å². The molecule has 1 aliphatic heterocycles. The van der Waals surface area contributed by atoms with E-state index in [1.807, 2.05) is 6.92 Å². The minimum absolute atomic E-state index is 0.222. The van der Waals surface area contributed by atoms with E-state index in [9.17, 15) is 9.59 Å². The van der Waals surface area contributed by atoms with E-state index in [0.717, 1.165) is 38.4 Å². The molecule has 0 aromatic rings. The molecular formula is C14H26N4O2. The van der Waals surface area contributed by atoms with Crippen molar-refractivity contribution >= 4 is 11.9 Å². The Morgan fingerprint density at radius 1 is 1.15 bits per heavy atom. The molecule has 114 valence electrons. The minimum atomic E-state index is -0.404. The average Bonchev–Trinajstić information content (AvgIpc) is 3.22. The van der Waals surface area contributed by atoms with Gasteiger partial charge in [0, 0.05) is 25.7 Å². The van der Waals surface area contributed by atoms with E-state index in [1.54, 1.807) is 0 Å². The van der Waals surface area contributed by atoms with Crippen LogP contribution < -0.4 is 16.0 Å². The van der Waals surface area contributed by atoms with Gasteiger partial charge in [-0.3, -0.25) is 15.0 Å². The van der Waals surface area contributed by atoms with Crippen LogP contribution in [-0.2, 0) is 4.79 Å². The third-order valence-electron chi connectivity index (χ3n) is 3.94. The predicted octanol–water partition coefficient (Wildman–Crippen LogP) is 0.296. The molecule has 0 bridgehead atoms. The summed E-state index contributed by atoms with van der Waals surface area (Å²) in [6, 6.07) is 0.191. The Bertz CT molecular complexity index is 336. The van der Waals surface area contributed by atoms with Gasteiger partial charge in [-0.1, -0.05) is 0 Å². The first-order chi connectivity index (χ1) is 9.67. The zero-order chi connectivity index (χ0) is 14.4. The molecule has 0 aromatic carbocycles. The highest BCUT2D eigenvalue weighted by molar-refractivity contribution is 5.95. The molecule has 2 aliphatic rings. The van der Waals surface area contributed by atoms with Crippen molar-refractivity contribution in [2.75, 3.05) is 32.7 Å². The molecule has 1 saturated carbocycles. The molecule has 1 aliphatic carbocycles. The summed E-state index contributed by atoms with van der Waals surface area (Å²) in [6.07, 6.45) is 4.93. The third-order valence-corrected chi connectivity index (χ3v) is 3.94. The number of carbonyl (C=O) groups excluding carboxylic acids is 2. The average molecular weight is 282 g/mol. The zero-order valence-electron chi connectivity index (χ0n) is 12.3. The Morgan fingerprint density at radius 3 is 2.45 bits per heavy atom. The Labute approximate surface area is 120 Å². The highest BCUT2D eigenvalue weighted by Gasteiger charge is 2.25.